The van der Waals surface area contributed by atoms with E-state index < -0.39 is 0 Å². The van der Waals surface area contributed by atoms with Gasteiger partial charge in [-0.15, -0.1) is 34.0 Å². The van der Waals surface area contributed by atoms with Crippen LogP contribution in [0.4, 0.5) is 0 Å². The van der Waals surface area contributed by atoms with E-state index in [4.69, 9.17) is 13.3 Å². The first-order valence-corrected chi connectivity index (χ1v) is 45.9. The molecule has 9 nitrogen and oxygen atoms in total. The fourth-order valence-electron chi connectivity index (χ4n) is 21.5. The van der Waals surface area contributed by atoms with Crippen molar-refractivity contribution in [3.63, 3.8) is 0 Å². The van der Waals surface area contributed by atoms with E-state index >= 15 is 0 Å². The van der Waals surface area contributed by atoms with Crippen LogP contribution in [-0.2, 0) is 12.8 Å². The molecule has 12 heteroatoms. The van der Waals surface area contributed by atoms with Crippen LogP contribution in [0.15, 0.2) is 329 Å². The molecule has 0 atom stereocenters. The van der Waals surface area contributed by atoms with Crippen molar-refractivity contribution in [1.82, 2.24) is 13.7 Å². The third-order valence-electron chi connectivity index (χ3n) is 27.2. The summed E-state index contributed by atoms with van der Waals surface area (Å²) in [5, 5.41) is 52.2. The highest BCUT2D eigenvalue weighted by Gasteiger charge is 2.29. The molecule has 0 aliphatic rings. The molecule has 9 aromatic heterocycles. The maximum Gasteiger partial charge on any atom is 0.159 e. The summed E-state index contributed by atoms with van der Waals surface area (Å²) in [6.07, 6.45) is 1.46. The van der Waals surface area contributed by atoms with E-state index in [2.05, 4.69) is 357 Å². The molecule has 0 aliphatic heterocycles. The lowest BCUT2D eigenvalue weighted by Gasteiger charge is -2.10. The molecule has 0 aliphatic carbocycles. The Labute approximate surface area is 748 Å². The number of hydrogen-bond acceptors (Lipinski definition) is 9. The van der Waals surface area contributed by atoms with E-state index in [0.29, 0.717) is 39.0 Å². The lowest BCUT2D eigenvalue weighted by atomic mass is 9.94. The Morgan fingerprint density at radius 2 is 0.636 bits per heavy atom. The van der Waals surface area contributed by atoms with Gasteiger partial charge in [0.1, 0.15) is 18.2 Å². The number of thiophene rings is 3. The van der Waals surface area contributed by atoms with Gasteiger partial charge in [0.2, 0.25) is 0 Å². The molecular formula is C117H68N6O3S3. The van der Waals surface area contributed by atoms with Crippen molar-refractivity contribution in [1.29, 1.82) is 15.8 Å². The summed E-state index contributed by atoms with van der Waals surface area (Å²) >= 11 is 5.46. The van der Waals surface area contributed by atoms with Gasteiger partial charge < -0.3 is 27.0 Å². The Hall–Kier alpha value is -16.1. The van der Waals surface area contributed by atoms with Crippen LogP contribution in [-0.4, -0.2) is 13.7 Å². The van der Waals surface area contributed by atoms with Gasteiger partial charge in [0, 0.05) is 125 Å². The number of rotatable bonds is 10. The topological polar surface area (TPSA) is 126 Å². The van der Waals surface area contributed by atoms with E-state index in [9.17, 15) is 15.8 Å². The van der Waals surface area contributed by atoms with E-state index in [1.165, 1.54) is 116 Å². The maximum atomic E-state index is 10.9. The molecule has 0 unspecified atom stereocenters. The first-order chi connectivity index (χ1) is 63.4. The number of nitrogens with zero attached hydrogens (tertiary/aromatic N) is 6. The number of aryl methyl sites for hydroxylation is 4. The normalized spacial score (nSPS) is 12.2. The van der Waals surface area contributed by atoms with Crippen LogP contribution in [0, 0.1) is 61.7 Å². The van der Waals surface area contributed by atoms with Gasteiger partial charge in [-0.05, 0) is 242 Å². The zero-order valence-electron chi connectivity index (χ0n) is 70.1. The fraction of sp³-hybridized carbons (Fsp3) is 0.0513. The standard InChI is InChI=1S/C117H68N6O3S3/c1-62-24-41-93-86(48-62)87-49-63(2)25-42-94(87)121(93)99-19-9-17-84-109-76(38-33-73(60-119)112(109)125-115(84)99)70-31-39-78-77-36-28-67(56-105(77)128-106(78)58-70)52-66-29-45-97-90(54-66)88-50-64(3)26-43-95(88)122(97)100-20-8-16-83-108-75(37-32-72(59-118)111(108)124-114(83)100)69-35-47-103-92(57-69)81-15-7-12-71(117(81)129-103)53-68-30-46-98-91(55-68)89-51-65(4)27-44-96(89)123(98)101-21-10-18-85-110-80(40-34-74(61-120)113(110)126-116(85)101)79-14-11-23-104-107(79)82-13-5-6-22-102(82)127-104/h5-51,54-58H,52-53H2,1-4H3. The first kappa shape index (κ1) is 73.3. The summed E-state index contributed by atoms with van der Waals surface area (Å²) in [7, 11) is 0. The molecule has 18 aromatic carbocycles. The SMILES string of the molecule is Cc1ccc2c(c1)c1cc(C)ccc1n2-c1cccc2c1oc1c(C#N)ccc(-c3ccc4c(c3)sc3cc(Cc5ccc6c(c5)c5cc(C)ccc5n6-c5cccc6c5oc5c(C#N)ccc(-c7ccc8sc9c(Cc%10ccc%11c(c%10)c%10cc(C)ccc%10n%11-c%10cccc%11c%10oc%10c(C#N)ccc(-c%12cccc%13sc%14ccccc%14c%12%13)c%10%11)cccc9c8c7)c56)ccc34)c12. The highest BCUT2D eigenvalue weighted by molar-refractivity contribution is 7.26. The van der Waals surface area contributed by atoms with Crippen molar-refractivity contribution in [2.45, 2.75) is 40.5 Å². The third-order valence-corrected chi connectivity index (χ3v) is 30.8. The zero-order chi connectivity index (χ0) is 85.6. The van der Waals surface area contributed by atoms with Crippen LogP contribution in [0.1, 0.15) is 61.2 Å². The number of nitriles is 3. The largest absolute Gasteiger partial charge is 0.452 e. The molecule has 0 fully saturated rings. The molecule has 0 radical (unpaired) electrons. The quantitative estimate of drug-likeness (QED) is 0.134. The number of hydrogen-bond donors (Lipinski definition) is 0. The first-order valence-electron chi connectivity index (χ1n) is 43.5. The molecule has 9 heterocycles. The minimum atomic E-state index is 0.482. The van der Waals surface area contributed by atoms with Crippen LogP contribution in [0.25, 0.3) is 242 Å². The lowest BCUT2D eigenvalue weighted by molar-refractivity contribution is 0.665. The highest BCUT2D eigenvalue weighted by atomic mass is 32.1. The molecule has 0 bridgehead atoms. The summed E-state index contributed by atoms with van der Waals surface area (Å²) in [6, 6.07) is 122. The molecule has 0 saturated heterocycles. The summed E-state index contributed by atoms with van der Waals surface area (Å²) in [6.45, 7) is 8.61. The summed E-state index contributed by atoms with van der Waals surface area (Å²) < 4.78 is 35.6. The Balaban J connectivity index is 0.510. The minimum absolute atomic E-state index is 0.482. The second kappa shape index (κ2) is 27.4. The second-order valence-corrected chi connectivity index (χ2v) is 38.1. The Morgan fingerprint density at radius 1 is 0.248 bits per heavy atom. The summed E-state index contributed by atoms with van der Waals surface area (Å²) in [5.41, 5.74) is 30.6. The van der Waals surface area contributed by atoms with Gasteiger partial charge in [0.25, 0.3) is 0 Å². The minimum Gasteiger partial charge on any atom is -0.452 e. The molecule has 0 N–H and O–H groups in total. The smallest absolute Gasteiger partial charge is 0.159 e. The van der Waals surface area contributed by atoms with E-state index in [-0.39, 0.29) is 0 Å². The van der Waals surface area contributed by atoms with Crippen molar-refractivity contribution in [2.24, 2.45) is 0 Å². The van der Waals surface area contributed by atoms with Gasteiger partial charge in [-0.25, -0.2) is 0 Å². The second-order valence-electron chi connectivity index (χ2n) is 34.9. The molecule has 27 aromatic rings. The molecule has 602 valence electrons. The predicted octanol–water partition coefficient (Wildman–Crippen LogP) is 32.8. The number of furan rings is 3. The number of benzene rings is 18. The molecule has 0 saturated carbocycles. The highest BCUT2D eigenvalue weighted by Crippen LogP contribution is 2.52. The lowest BCUT2D eigenvalue weighted by Crippen LogP contribution is -1.95. The van der Waals surface area contributed by atoms with Crippen LogP contribution >= 0.6 is 34.0 Å². The van der Waals surface area contributed by atoms with Crippen molar-refractivity contribution in [3.8, 4) is 68.7 Å². The molecule has 0 spiro atoms. The average Bonchev–Trinajstić information content (AvgIpc) is 1.57. The van der Waals surface area contributed by atoms with Crippen LogP contribution in [0.3, 0.4) is 0 Å². The van der Waals surface area contributed by atoms with E-state index in [1.807, 2.05) is 40.9 Å². The molecular weight excluding hydrogens is 1630 g/mol. The maximum absolute atomic E-state index is 10.9. The Bertz CT molecular complexity index is 9850. The molecule has 129 heavy (non-hydrogen) atoms. The summed E-state index contributed by atoms with van der Waals surface area (Å²) in [4.78, 5) is 0. The zero-order valence-corrected chi connectivity index (χ0v) is 72.5. The van der Waals surface area contributed by atoms with Gasteiger partial charge in [0.15, 0.2) is 33.5 Å². The van der Waals surface area contributed by atoms with Gasteiger partial charge >= 0.3 is 0 Å². The predicted molar refractivity (Wildman–Crippen MR) is 538 cm³/mol. The monoisotopic (exact) mass is 1700 g/mol. The number of aromatic nitrogens is 3. The van der Waals surface area contributed by atoms with Gasteiger partial charge in [-0.3, -0.25) is 0 Å². The number of fused-ring (bicyclic) bond motifs is 27. The van der Waals surface area contributed by atoms with Crippen molar-refractivity contribution < 1.29 is 13.3 Å². The Kier molecular flexibility index (Phi) is 15.6. The molecule has 27 rings (SSSR count). The third kappa shape index (κ3) is 10.7. The average molecular weight is 1700 g/mol. The van der Waals surface area contributed by atoms with Gasteiger partial charge in [-0.1, -0.05) is 192 Å². The molecule has 0 amide bonds. The van der Waals surface area contributed by atoms with Gasteiger partial charge in [-0.2, -0.15) is 15.8 Å². The number of para-hydroxylation sites is 3. The van der Waals surface area contributed by atoms with Crippen LogP contribution in [0.5, 0.6) is 0 Å². The van der Waals surface area contributed by atoms with Crippen molar-refractivity contribution >= 4 is 226 Å². The van der Waals surface area contributed by atoms with Crippen molar-refractivity contribution in [2.75, 3.05) is 0 Å². The van der Waals surface area contributed by atoms with E-state index in [0.717, 1.165) is 161 Å². The Morgan fingerprint density at radius 3 is 1.17 bits per heavy atom. The van der Waals surface area contributed by atoms with Crippen LogP contribution in [0.2, 0.25) is 0 Å². The summed E-state index contributed by atoms with van der Waals surface area (Å²) in [5.74, 6) is 0. The fourth-order valence-corrected chi connectivity index (χ4v) is 25.0. The van der Waals surface area contributed by atoms with Crippen LogP contribution < -0.4 is 0 Å². The van der Waals surface area contributed by atoms with Crippen molar-refractivity contribution in [3.05, 3.63) is 377 Å². The van der Waals surface area contributed by atoms with E-state index in [1.54, 1.807) is 11.3 Å². The van der Waals surface area contributed by atoms with Gasteiger partial charge in [0.05, 0.1) is 66.9 Å².